The van der Waals surface area contributed by atoms with Crippen molar-refractivity contribution in [3.63, 3.8) is 0 Å². The lowest BCUT2D eigenvalue weighted by Crippen LogP contribution is -2.50. The van der Waals surface area contributed by atoms with Crippen molar-refractivity contribution < 1.29 is 0 Å². The van der Waals surface area contributed by atoms with E-state index in [-0.39, 0.29) is 0 Å². The lowest BCUT2D eigenvalue weighted by Gasteiger charge is -2.33. The summed E-state index contributed by atoms with van der Waals surface area (Å²) >= 11 is 0. The molecule has 0 unspecified atom stereocenters. The Morgan fingerprint density at radius 3 is 3.13 bits per heavy atom. The van der Waals surface area contributed by atoms with E-state index in [2.05, 4.69) is 28.3 Å². The van der Waals surface area contributed by atoms with Crippen molar-refractivity contribution in [1.82, 2.24) is 20.0 Å². The van der Waals surface area contributed by atoms with Crippen molar-refractivity contribution >= 4 is 0 Å². The third kappa shape index (κ3) is 2.58. The van der Waals surface area contributed by atoms with Crippen LogP contribution in [0.3, 0.4) is 0 Å². The Morgan fingerprint density at radius 2 is 2.47 bits per heavy atom. The van der Waals surface area contributed by atoms with E-state index in [1.807, 2.05) is 17.9 Å². The van der Waals surface area contributed by atoms with Crippen LogP contribution in [0, 0.1) is 0 Å². The molecule has 0 spiro atoms. The predicted octanol–water partition coefficient (Wildman–Crippen LogP) is 0.256. The Labute approximate surface area is 91.3 Å². The normalized spacial score (nSPS) is 23.2. The molecule has 84 valence electrons. The van der Waals surface area contributed by atoms with Gasteiger partial charge in [-0.05, 0) is 13.0 Å². The number of nitrogens with one attached hydrogen (secondary N) is 1. The molecule has 1 N–H and O–H groups in total. The topological polar surface area (TPSA) is 33.1 Å². The van der Waals surface area contributed by atoms with E-state index < -0.39 is 0 Å². The first kappa shape index (κ1) is 10.6. The SMILES string of the molecule is C[C@@H]1CNCCN1CCc1ccnn1C. The highest BCUT2D eigenvalue weighted by Crippen LogP contribution is 2.05. The number of nitrogens with zero attached hydrogens (tertiary/aromatic N) is 3. The highest BCUT2D eigenvalue weighted by Gasteiger charge is 2.17. The van der Waals surface area contributed by atoms with E-state index in [4.69, 9.17) is 0 Å². The van der Waals surface area contributed by atoms with E-state index in [0.29, 0.717) is 6.04 Å². The smallest absolute Gasteiger partial charge is 0.0492 e. The summed E-state index contributed by atoms with van der Waals surface area (Å²) in [5.41, 5.74) is 1.32. The van der Waals surface area contributed by atoms with Gasteiger partial charge >= 0.3 is 0 Å². The minimum Gasteiger partial charge on any atom is -0.314 e. The van der Waals surface area contributed by atoms with Gasteiger partial charge < -0.3 is 5.32 Å². The number of rotatable bonds is 3. The van der Waals surface area contributed by atoms with Crippen LogP contribution in [0.2, 0.25) is 0 Å². The molecule has 1 fully saturated rings. The van der Waals surface area contributed by atoms with Gasteiger partial charge in [-0.3, -0.25) is 9.58 Å². The molecule has 0 bridgehead atoms. The number of aromatic nitrogens is 2. The van der Waals surface area contributed by atoms with Crippen LogP contribution in [0.5, 0.6) is 0 Å². The molecule has 0 aliphatic carbocycles. The summed E-state index contributed by atoms with van der Waals surface area (Å²) in [6.07, 6.45) is 2.97. The lowest BCUT2D eigenvalue weighted by atomic mass is 10.2. The van der Waals surface area contributed by atoms with Crippen molar-refractivity contribution in [2.75, 3.05) is 26.2 Å². The van der Waals surface area contributed by atoms with Crippen LogP contribution in [-0.2, 0) is 13.5 Å². The summed E-state index contributed by atoms with van der Waals surface area (Å²) in [7, 11) is 2.01. The van der Waals surface area contributed by atoms with Gasteiger partial charge in [0.05, 0.1) is 0 Å². The fourth-order valence-electron chi connectivity index (χ4n) is 2.12. The van der Waals surface area contributed by atoms with Gasteiger partial charge in [-0.25, -0.2) is 0 Å². The molecule has 4 heteroatoms. The monoisotopic (exact) mass is 208 g/mol. The maximum Gasteiger partial charge on any atom is 0.0492 e. The van der Waals surface area contributed by atoms with E-state index in [1.165, 1.54) is 12.2 Å². The van der Waals surface area contributed by atoms with Gasteiger partial charge in [-0.15, -0.1) is 0 Å². The Hall–Kier alpha value is -0.870. The minimum atomic E-state index is 0.659. The molecule has 2 heterocycles. The summed E-state index contributed by atoms with van der Waals surface area (Å²) in [4.78, 5) is 2.55. The zero-order valence-corrected chi connectivity index (χ0v) is 9.61. The Kier molecular flexibility index (Phi) is 3.38. The van der Waals surface area contributed by atoms with Crippen molar-refractivity contribution in [1.29, 1.82) is 0 Å². The Balaban J connectivity index is 1.84. The Bertz CT molecular complexity index is 307. The van der Waals surface area contributed by atoms with Gasteiger partial charge in [0.15, 0.2) is 0 Å². The zero-order chi connectivity index (χ0) is 10.7. The summed E-state index contributed by atoms with van der Waals surface area (Å²) in [6.45, 7) is 6.83. The third-order valence-electron chi connectivity index (χ3n) is 3.22. The van der Waals surface area contributed by atoms with Gasteiger partial charge in [0, 0.05) is 57.6 Å². The molecule has 1 aromatic heterocycles. The van der Waals surface area contributed by atoms with Crippen molar-refractivity contribution in [2.24, 2.45) is 7.05 Å². The van der Waals surface area contributed by atoms with Crippen molar-refractivity contribution in [3.05, 3.63) is 18.0 Å². The average molecular weight is 208 g/mol. The van der Waals surface area contributed by atoms with Crippen LogP contribution in [0.4, 0.5) is 0 Å². The first-order valence-corrected chi connectivity index (χ1v) is 5.69. The van der Waals surface area contributed by atoms with Crippen LogP contribution in [0.15, 0.2) is 12.3 Å². The number of piperazine rings is 1. The van der Waals surface area contributed by atoms with Gasteiger partial charge in [-0.1, -0.05) is 0 Å². The third-order valence-corrected chi connectivity index (χ3v) is 3.22. The molecule has 1 aliphatic heterocycles. The van der Waals surface area contributed by atoms with Crippen LogP contribution < -0.4 is 5.32 Å². The summed E-state index contributed by atoms with van der Waals surface area (Å²) in [5, 5.41) is 7.60. The summed E-state index contributed by atoms with van der Waals surface area (Å²) in [6, 6.07) is 2.76. The number of hydrogen-bond acceptors (Lipinski definition) is 3. The quantitative estimate of drug-likeness (QED) is 0.773. The molecule has 0 amide bonds. The maximum atomic E-state index is 4.19. The molecule has 0 radical (unpaired) electrons. The molecule has 15 heavy (non-hydrogen) atoms. The van der Waals surface area contributed by atoms with Gasteiger partial charge in [0.25, 0.3) is 0 Å². The van der Waals surface area contributed by atoms with Crippen LogP contribution in [0.25, 0.3) is 0 Å². The van der Waals surface area contributed by atoms with Gasteiger partial charge in [-0.2, -0.15) is 5.10 Å². The van der Waals surface area contributed by atoms with Crippen molar-refractivity contribution in [3.8, 4) is 0 Å². The first-order valence-electron chi connectivity index (χ1n) is 5.69. The predicted molar refractivity (Wildman–Crippen MR) is 60.8 cm³/mol. The van der Waals surface area contributed by atoms with Crippen LogP contribution in [-0.4, -0.2) is 46.9 Å². The number of hydrogen-bond donors (Lipinski definition) is 1. The lowest BCUT2D eigenvalue weighted by molar-refractivity contribution is 0.175. The molecular weight excluding hydrogens is 188 g/mol. The van der Waals surface area contributed by atoms with Crippen LogP contribution in [0.1, 0.15) is 12.6 Å². The highest BCUT2D eigenvalue weighted by atomic mass is 15.3. The molecule has 1 atom stereocenters. The van der Waals surface area contributed by atoms with Gasteiger partial charge in [0.2, 0.25) is 0 Å². The molecule has 0 aromatic carbocycles. The average Bonchev–Trinajstić information content (AvgIpc) is 2.63. The van der Waals surface area contributed by atoms with Crippen molar-refractivity contribution in [2.45, 2.75) is 19.4 Å². The fraction of sp³-hybridized carbons (Fsp3) is 0.727. The highest BCUT2D eigenvalue weighted by molar-refractivity contribution is 5.00. The molecular formula is C11H20N4. The second-order valence-corrected chi connectivity index (χ2v) is 4.29. The second-order valence-electron chi connectivity index (χ2n) is 4.29. The second kappa shape index (κ2) is 4.77. The molecule has 1 aliphatic rings. The molecule has 4 nitrogen and oxygen atoms in total. The maximum absolute atomic E-state index is 4.19. The minimum absolute atomic E-state index is 0.659. The van der Waals surface area contributed by atoms with E-state index in [1.54, 1.807) is 0 Å². The fourth-order valence-corrected chi connectivity index (χ4v) is 2.12. The molecule has 2 rings (SSSR count). The first-order chi connectivity index (χ1) is 7.27. The Morgan fingerprint density at radius 1 is 1.60 bits per heavy atom. The largest absolute Gasteiger partial charge is 0.314 e. The van der Waals surface area contributed by atoms with Crippen LogP contribution >= 0.6 is 0 Å². The van der Waals surface area contributed by atoms with E-state index in [9.17, 15) is 0 Å². The van der Waals surface area contributed by atoms with E-state index >= 15 is 0 Å². The van der Waals surface area contributed by atoms with Gasteiger partial charge in [0.1, 0.15) is 0 Å². The standard InChI is InChI=1S/C11H20N4/c1-10-9-12-6-8-15(10)7-4-11-3-5-13-14(11)2/h3,5,10,12H,4,6-9H2,1-2H3/t10-/m1/s1. The van der Waals surface area contributed by atoms with E-state index in [0.717, 1.165) is 26.1 Å². The zero-order valence-electron chi connectivity index (χ0n) is 9.61. The molecule has 1 saturated heterocycles. The summed E-state index contributed by atoms with van der Waals surface area (Å²) < 4.78 is 1.97. The molecule has 1 aromatic rings. The number of aryl methyl sites for hydroxylation is 1. The molecule has 0 saturated carbocycles. The summed E-state index contributed by atoms with van der Waals surface area (Å²) in [5.74, 6) is 0.